The van der Waals surface area contributed by atoms with Gasteiger partial charge in [0.05, 0.1) is 28.6 Å². The quantitative estimate of drug-likeness (QED) is 0.231. The largest absolute Gasteiger partial charge is 0.390 e. The number of benzene rings is 1. The van der Waals surface area contributed by atoms with Crippen molar-refractivity contribution in [3.05, 3.63) is 72.1 Å². The zero-order chi connectivity index (χ0) is 36.7. The molecule has 2 aliphatic rings. The lowest BCUT2D eigenvalue weighted by molar-refractivity contribution is -0.133. The third kappa shape index (κ3) is 10.7. The van der Waals surface area contributed by atoms with Gasteiger partial charge in [-0.2, -0.15) is 0 Å². The Labute approximate surface area is 297 Å². The molecule has 1 aromatic carbocycles. The highest BCUT2D eigenvalue weighted by Crippen LogP contribution is 2.39. The minimum absolute atomic E-state index is 0.0752. The maximum atomic E-state index is 14.1. The van der Waals surface area contributed by atoms with Crippen LogP contribution in [0, 0.1) is 11.8 Å². The highest BCUT2D eigenvalue weighted by atomic mass is 32.2. The van der Waals surface area contributed by atoms with Crippen molar-refractivity contribution >= 4 is 33.6 Å². The van der Waals surface area contributed by atoms with Gasteiger partial charge in [-0.05, 0) is 89.5 Å². The Morgan fingerprint density at radius 1 is 0.980 bits per heavy atom. The van der Waals surface area contributed by atoms with Crippen LogP contribution in [0.3, 0.4) is 0 Å². The zero-order valence-corrected chi connectivity index (χ0v) is 31.1. The smallest absolute Gasteiger partial charge is 0.244 e. The zero-order valence-electron chi connectivity index (χ0n) is 30.3. The fourth-order valence-corrected chi connectivity index (χ4v) is 7.60. The van der Waals surface area contributed by atoms with Crippen LogP contribution in [0.5, 0.6) is 0 Å². The molecule has 4 rings (SSSR count). The van der Waals surface area contributed by atoms with Crippen LogP contribution >= 0.6 is 0 Å². The van der Waals surface area contributed by atoms with Gasteiger partial charge in [-0.15, -0.1) is 0 Å². The molecule has 4 N–H and O–H groups in total. The van der Waals surface area contributed by atoms with Crippen molar-refractivity contribution in [3.8, 4) is 0 Å². The number of β-amino-alcohol motifs (C(OH)–C–C–N with tert-alkyl or cyclic N) is 1. The molecule has 2 heterocycles. The minimum Gasteiger partial charge on any atom is -0.390 e. The minimum atomic E-state index is -3.87. The van der Waals surface area contributed by atoms with E-state index in [-0.39, 0.29) is 18.9 Å². The molecule has 0 spiro atoms. The lowest BCUT2D eigenvalue weighted by Crippen LogP contribution is -2.64. The molecule has 1 aliphatic heterocycles. The molecule has 1 saturated heterocycles. The van der Waals surface area contributed by atoms with Crippen molar-refractivity contribution in [2.75, 3.05) is 19.3 Å². The van der Waals surface area contributed by atoms with E-state index in [1.807, 2.05) is 51.1 Å². The summed E-state index contributed by atoms with van der Waals surface area (Å²) in [7, 11) is -3.87. The molecule has 1 aliphatic carbocycles. The number of nitrogens with zero attached hydrogens (tertiary/aromatic N) is 2. The van der Waals surface area contributed by atoms with Gasteiger partial charge in [0.15, 0.2) is 9.84 Å². The van der Waals surface area contributed by atoms with Crippen LogP contribution in [0.25, 0.3) is 6.08 Å². The standard InChI is InChI=1S/C38H55N5O6S/c1-37(2,3)42-35(46)31-23-27-16-10-11-17-28(27)24-43(31)25-32(44)30(22-26-14-8-7-9-15-26)40-36(47)34(38(4,5)50(6,48)49)41-33(45)20-19-29-18-12-13-21-39-29/h7-9,12-15,18-21,27-28,30-32,34,44H,10-11,16-17,22-25H2,1-6H3,(H,40,47)(H,41,45)(H,42,46)/b20-19+/t27?,28?,30-,31-,32+,34+/m0/s1. The molecule has 12 heteroatoms. The monoisotopic (exact) mass is 709 g/mol. The van der Waals surface area contributed by atoms with E-state index in [1.54, 1.807) is 24.4 Å². The number of piperidine rings is 1. The Bertz CT molecular complexity index is 1590. The van der Waals surface area contributed by atoms with E-state index in [9.17, 15) is 27.9 Å². The first-order valence-corrected chi connectivity index (χ1v) is 19.5. The fourth-order valence-electron chi connectivity index (χ4n) is 7.01. The molecule has 6 atom stereocenters. The average Bonchev–Trinajstić information content (AvgIpc) is 3.05. The van der Waals surface area contributed by atoms with E-state index in [4.69, 9.17) is 0 Å². The molecule has 3 amide bonds. The number of sulfone groups is 1. The van der Waals surface area contributed by atoms with Gasteiger partial charge in [-0.25, -0.2) is 8.42 Å². The maximum absolute atomic E-state index is 14.1. The van der Waals surface area contributed by atoms with Crippen molar-refractivity contribution in [2.45, 2.75) is 108 Å². The van der Waals surface area contributed by atoms with Crippen molar-refractivity contribution in [3.63, 3.8) is 0 Å². The average molecular weight is 710 g/mol. The summed E-state index contributed by atoms with van der Waals surface area (Å²) in [6, 6.07) is 11.8. The number of hydrogen-bond donors (Lipinski definition) is 4. The lowest BCUT2D eigenvalue weighted by Gasteiger charge is -2.47. The second kappa shape index (κ2) is 16.6. The van der Waals surface area contributed by atoms with E-state index < -0.39 is 56.2 Å². The Morgan fingerprint density at radius 2 is 1.64 bits per heavy atom. The second-order valence-electron chi connectivity index (χ2n) is 15.5. The summed E-state index contributed by atoms with van der Waals surface area (Å²) in [5, 5.41) is 20.6. The molecular formula is C38H55N5O6S. The number of carbonyl (C=O) groups is 3. The lowest BCUT2D eigenvalue weighted by atomic mass is 9.72. The SMILES string of the molecule is CC(C)(C)NC(=O)[C@@H]1CC2CCCCC2CN1C[C@@H](O)[C@H](Cc1ccccc1)NC(=O)[C@@H](NC(=O)/C=C/c1ccccn1)C(C)(C)S(C)(=O)=O. The summed E-state index contributed by atoms with van der Waals surface area (Å²) in [5.74, 6) is -0.620. The number of rotatable bonds is 13. The van der Waals surface area contributed by atoms with Crippen molar-refractivity contribution < 1.29 is 27.9 Å². The first kappa shape index (κ1) is 39.2. The highest BCUT2D eigenvalue weighted by Gasteiger charge is 2.46. The first-order chi connectivity index (χ1) is 23.4. The summed E-state index contributed by atoms with van der Waals surface area (Å²) in [5.41, 5.74) is 0.947. The molecule has 11 nitrogen and oxygen atoms in total. The predicted molar refractivity (Wildman–Crippen MR) is 196 cm³/mol. The second-order valence-corrected chi connectivity index (χ2v) is 18.1. The fraction of sp³-hybridized carbons (Fsp3) is 0.579. The van der Waals surface area contributed by atoms with Crippen molar-refractivity contribution in [1.29, 1.82) is 0 Å². The van der Waals surface area contributed by atoms with E-state index in [2.05, 4.69) is 25.8 Å². The van der Waals surface area contributed by atoms with Crippen molar-refractivity contribution in [1.82, 2.24) is 25.8 Å². The van der Waals surface area contributed by atoms with Crippen LogP contribution in [0.2, 0.25) is 0 Å². The van der Waals surface area contributed by atoms with Gasteiger partial charge in [0.1, 0.15) is 6.04 Å². The van der Waals surface area contributed by atoms with E-state index in [0.717, 1.165) is 37.5 Å². The molecule has 274 valence electrons. The molecular weight excluding hydrogens is 655 g/mol. The van der Waals surface area contributed by atoms with Crippen molar-refractivity contribution in [2.24, 2.45) is 11.8 Å². The molecule has 1 aromatic heterocycles. The Morgan fingerprint density at radius 3 is 2.26 bits per heavy atom. The Balaban J connectivity index is 1.61. The summed E-state index contributed by atoms with van der Waals surface area (Å²) in [4.78, 5) is 47.1. The van der Waals surface area contributed by atoms with Gasteiger partial charge in [-0.3, -0.25) is 24.3 Å². The van der Waals surface area contributed by atoms with Gasteiger partial charge >= 0.3 is 0 Å². The molecule has 2 fully saturated rings. The first-order valence-electron chi connectivity index (χ1n) is 17.6. The van der Waals surface area contributed by atoms with Crippen LogP contribution < -0.4 is 16.0 Å². The molecule has 0 radical (unpaired) electrons. The van der Waals surface area contributed by atoms with Gasteiger partial charge in [0.25, 0.3) is 0 Å². The Kier molecular flexibility index (Phi) is 13.0. The third-order valence-electron chi connectivity index (χ3n) is 10.1. The predicted octanol–water partition coefficient (Wildman–Crippen LogP) is 3.29. The molecule has 1 saturated carbocycles. The number of aromatic nitrogens is 1. The number of fused-ring (bicyclic) bond motifs is 1. The van der Waals surface area contributed by atoms with Crippen LogP contribution in [0.1, 0.15) is 78.0 Å². The molecule has 0 bridgehead atoms. The van der Waals surface area contributed by atoms with Crippen LogP contribution in [0.4, 0.5) is 0 Å². The number of likely N-dealkylation sites (tertiary alicyclic amines) is 1. The van der Waals surface area contributed by atoms with Gasteiger partial charge in [0.2, 0.25) is 17.7 Å². The van der Waals surface area contributed by atoms with Crippen LogP contribution in [-0.4, -0.2) is 95.0 Å². The summed E-state index contributed by atoms with van der Waals surface area (Å²) >= 11 is 0. The molecule has 2 unspecified atom stereocenters. The summed E-state index contributed by atoms with van der Waals surface area (Å²) in [6.07, 6.45) is 9.57. The highest BCUT2D eigenvalue weighted by molar-refractivity contribution is 7.92. The number of carbonyl (C=O) groups excluding carboxylic acids is 3. The van der Waals surface area contributed by atoms with Crippen LogP contribution in [-0.2, 0) is 30.6 Å². The number of amides is 3. The van der Waals surface area contributed by atoms with E-state index >= 15 is 0 Å². The topological polar surface area (TPSA) is 158 Å². The summed E-state index contributed by atoms with van der Waals surface area (Å²) < 4.78 is 24.3. The van der Waals surface area contributed by atoms with E-state index in [1.165, 1.54) is 26.0 Å². The van der Waals surface area contributed by atoms with Gasteiger partial charge in [-0.1, -0.05) is 55.7 Å². The number of aliphatic hydroxyl groups excluding tert-OH is 1. The Hall–Kier alpha value is -3.61. The third-order valence-corrected chi connectivity index (χ3v) is 12.3. The number of hydrogen-bond acceptors (Lipinski definition) is 8. The number of aliphatic hydroxyl groups is 1. The normalized spacial score (nSPS) is 22.2. The molecule has 2 aromatic rings. The maximum Gasteiger partial charge on any atom is 0.244 e. The van der Waals surface area contributed by atoms with E-state index in [0.29, 0.717) is 30.5 Å². The summed E-state index contributed by atoms with van der Waals surface area (Å²) in [6.45, 7) is 9.42. The van der Waals surface area contributed by atoms with Crippen LogP contribution in [0.15, 0.2) is 60.8 Å². The van der Waals surface area contributed by atoms with Gasteiger partial charge in [0, 0.05) is 37.2 Å². The number of nitrogens with one attached hydrogen (secondary N) is 3. The number of pyridine rings is 1. The van der Waals surface area contributed by atoms with Gasteiger partial charge < -0.3 is 21.1 Å². The molecule has 50 heavy (non-hydrogen) atoms.